The van der Waals surface area contributed by atoms with Crippen molar-refractivity contribution in [2.24, 2.45) is 10.7 Å². The van der Waals surface area contributed by atoms with E-state index in [1.165, 1.54) is 5.69 Å². The molecule has 0 spiro atoms. The first kappa shape index (κ1) is 17.7. The zero-order valence-electron chi connectivity index (χ0n) is 16.4. The maximum absolute atomic E-state index is 6.09. The number of hydrogen-bond donors (Lipinski definition) is 2. The van der Waals surface area contributed by atoms with Crippen molar-refractivity contribution in [1.82, 2.24) is 25.0 Å². The Morgan fingerprint density at radius 3 is 2.59 bits per heavy atom. The number of rotatable bonds is 3. The maximum atomic E-state index is 6.09. The van der Waals surface area contributed by atoms with Crippen molar-refractivity contribution < 1.29 is 0 Å². The van der Waals surface area contributed by atoms with Crippen molar-refractivity contribution in [2.75, 3.05) is 38.1 Å². The quantitative estimate of drug-likeness (QED) is 0.700. The van der Waals surface area contributed by atoms with Crippen LogP contribution in [0.3, 0.4) is 0 Å². The van der Waals surface area contributed by atoms with E-state index in [0.29, 0.717) is 5.96 Å². The molecule has 8 nitrogen and oxygen atoms in total. The number of likely N-dealkylation sites (N-methyl/N-ethyl adjacent to an activating group) is 1. The normalized spacial score (nSPS) is 22.5. The SMILES string of the molecule is CN1CCN(c2ccc(C3(c4cnn5ncccc45)C=CNC(N)=N3)cc2)CC1. The first-order valence-corrected chi connectivity index (χ1v) is 9.79. The topological polar surface area (TPSA) is 87.1 Å². The minimum absolute atomic E-state index is 0.374. The van der Waals surface area contributed by atoms with E-state index in [2.05, 4.69) is 56.6 Å². The van der Waals surface area contributed by atoms with Crippen LogP contribution in [0.5, 0.6) is 0 Å². The molecule has 0 bridgehead atoms. The van der Waals surface area contributed by atoms with Crippen molar-refractivity contribution in [1.29, 1.82) is 0 Å². The van der Waals surface area contributed by atoms with Gasteiger partial charge >= 0.3 is 0 Å². The first-order valence-electron chi connectivity index (χ1n) is 9.79. The molecule has 8 heteroatoms. The number of fused-ring (bicyclic) bond motifs is 1. The third kappa shape index (κ3) is 3.01. The number of nitrogens with two attached hydrogens (primary N) is 1. The number of guanidine groups is 1. The lowest BCUT2D eigenvalue weighted by atomic mass is 9.83. The average Bonchev–Trinajstić information content (AvgIpc) is 3.19. The van der Waals surface area contributed by atoms with Crippen LogP contribution in [0.4, 0.5) is 5.69 Å². The van der Waals surface area contributed by atoms with Gasteiger partial charge in [-0.05, 0) is 43.0 Å². The molecular formula is C21H24N8. The van der Waals surface area contributed by atoms with Gasteiger partial charge in [0, 0.05) is 49.8 Å². The number of aliphatic imine (C=N–C) groups is 1. The molecular weight excluding hydrogens is 364 g/mol. The fourth-order valence-electron chi connectivity index (χ4n) is 4.09. The van der Waals surface area contributed by atoms with Crippen LogP contribution in [-0.4, -0.2) is 58.9 Å². The lowest BCUT2D eigenvalue weighted by Crippen LogP contribution is -2.44. The van der Waals surface area contributed by atoms with Gasteiger partial charge in [-0.15, -0.1) is 0 Å². The Bertz CT molecular complexity index is 1080. The summed E-state index contributed by atoms with van der Waals surface area (Å²) in [6, 6.07) is 12.5. The van der Waals surface area contributed by atoms with Crippen LogP contribution in [0, 0.1) is 0 Å². The van der Waals surface area contributed by atoms with Gasteiger partial charge < -0.3 is 20.9 Å². The molecule has 2 aliphatic heterocycles. The average molecular weight is 388 g/mol. The second-order valence-electron chi connectivity index (χ2n) is 7.53. The molecule has 3 aromatic rings. The van der Waals surface area contributed by atoms with Crippen molar-refractivity contribution in [2.45, 2.75) is 5.54 Å². The second-order valence-corrected chi connectivity index (χ2v) is 7.53. The van der Waals surface area contributed by atoms with E-state index in [4.69, 9.17) is 10.7 Å². The molecule has 4 heterocycles. The molecule has 0 radical (unpaired) electrons. The molecule has 0 amide bonds. The Hall–Kier alpha value is -3.39. The van der Waals surface area contributed by atoms with Gasteiger partial charge in [-0.1, -0.05) is 12.1 Å². The van der Waals surface area contributed by atoms with E-state index < -0.39 is 5.54 Å². The molecule has 2 aromatic heterocycles. The summed E-state index contributed by atoms with van der Waals surface area (Å²) < 4.78 is 1.62. The fraction of sp³-hybridized carbons (Fsp3) is 0.286. The largest absolute Gasteiger partial charge is 0.370 e. The summed E-state index contributed by atoms with van der Waals surface area (Å²) in [6.45, 7) is 4.23. The maximum Gasteiger partial charge on any atom is 0.194 e. The summed E-state index contributed by atoms with van der Waals surface area (Å²) in [5.41, 5.74) is 9.45. The minimum Gasteiger partial charge on any atom is -0.370 e. The number of benzene rings is 1. The second kappa shape index (κ2) is 6.89. The van der Waals surface area contributed by atoms with E-state index in [-0.39, 0.29) is 0 Å². The Morgan fingerprint density at radius 1 is 1.03 bits per heavy atom. The number of hydrogen-bond acceptors (Lipinski definition) is 7. The number of aromatic nitrogens is 3. The van der Waals surface area contributed by atoms with Gasteiger partial charge in [0.15, 0.2) is 5.96 Å². The monoisotopic (exact) mass is 388 g/mol. The molecule has 5 rings (SSSR count). The first-order chi connectivity index (χ1) is 14.2. The molecule has 1 aromatic carbocycles. The highest BCUT2D eigenvalue weighted by molar-refractivity contribution is 5.82. The van der Waals surface area contributed by atoms with Crippen LogP contribution in [0.1, 0.15) is 11.1 Å². The molecule has 1 saturated heterocycles. The Kier molecular flexibility index (Phi) is 4.21. The van der Waals surface area contributed by atoms with Gasteiger partial charge in [-0.3, -0.25) is 0 Å². The zero-order chi connectivity index (χ0) is 19.8. The highest BCUT2D eigenvalue weighted by Gasteiger charge is 2.36. The van der Waals surface area contributed by atoms with Gasteiger partial charge in [0.25, 0.3) is 0 Å². The summed E-state index contributed by atoms with van der Waals surface area (Å²) in [5.74, 6) is 0.374. The van der Waals surface area contributed by atoms with E-state index in [1.54, 1.807) is 10.8 Å². The Balaban J connectivity index is 1.58. The summed E-state index contributed by atoms with van der Waals surface area (Å²) in [7, 11) is 2.17. The van der Waals surface area contributed by atoms with Crippen LogP contribution >= 0.6 is 0 Å². The van der Waals surface area contributed by atoms with Crippen LogP contribution in [-0.2, 0) is 5.54 Å². The zero-order valence-corrected chi connectivity index (χ0v) is 16.4. The van der Waals surface area contributed by atoms with Crippen molar-refractivity contribution in [3.63, 3.8) is 0 Å². The highest BCUT2D eigenvalue weighted by atomic mass is 15.4. The molecule has 2 aliphatic rings. The molecule has 0 saturated carbocycles. The highest BCUT2D eigenvalue weighted by Crippen LogP contribution is 2.39. The number of nitrogens with zero attached hydrogens (tertiary/aromatic N) is 6. The molecule has 0 aliphatic carbocycles. The van der Waals surface area contributed by atoms with Crippen molar-refractivity contribution in [3.8, 4) is 0 Å². The summed E-state index contributed by atoms with van der Waals surface area (Å²) in [6.07, 6.45) is 7.41. The van der Waals surface area contributed by atoms with Gasteiger partial charge in [0.2, 0.25) is 0 Å². The Morgan fingerprint density at radius 2 is 1.83 bits per heavy atom. The van der Waals surface area contributed by atoms with Crippen molar-refractivity contribution in [3.05, 3.63) is 72.2 Å². The lowest BCUT2D eigenvalue weighted by molar-refractivity contribution is 0.313. The van der Waals surface area contributed by atoms with Gasteiger partial charge in [-0.25, -0.2) is 4.99 Å². The molecule has 1 fully saturated rings. The lowest BCUT2D eigenvalue weighted by Gasteiger charge is -2.35. The fourth-order valence-corrected chi connectivity index (χ4v) is 4.09. The molecule has 3 N–H and O–H groups in total. The number of anilines is 1. The molecule has 1 unspecified atom stereocenters. The Labute approximate surface area is 169 Å². The van der Waals surface area contributed by atoms with E-state index >= 15 is 0 Å². The van der Waals surface area contributed by atoms with E-state index in [1.807, 2.05) is 30.6 Å². The standard InChI is InChI=1S/C21H24N8/c1-27-11-13-28(14-12-27)17-6-4-16(5-7-17)21(8-10-23-20(22)26-21)18-15-25-29-19(18)3-2-9-24-29/h2-10,15H,11-14H2,1H3,(H3,22,23,26). The smallest absolute Gasteiger partial charge is 0.194 e. The van der Waals surface area contributed by atoms with Crippen LogP contribution in [0.2, 0.25) is 0 Å². The van der Waals surface area contributed by atoms with Gasteiger partial charge in [0.05, 0.1) is 11.7 Å². The summed E-state index contributed by atoms with van der Waals surface area (Å²) >= 11 is 0. The molecule has 29 heavy (non-hydrogen) atoms. The predicted octanol–water partition coefficient (Wildman–Crippen LogP) is 1.16. The van der Waals surface area contributed by atoms with Crippen molar-refractivity contribution >= 4 is 17.2 Å². The van der Waals surface area contributed by atoms with E-state index in [9.17, 15) is 0 Å². The van der Waals surface area contributed by atoms with E-state index in [0.717, 1.165) is 42.8 Å². The van der Waals surface area contributed by atoms with Crippen LogP contribution < -0.4 is 16.0 Å². The van der Waals surface area contributed by atoms with Crippen LogP contribution in [0.25, 0.3) is 5.52 Å². The third-order valence-electron chi connectivity index (χ3n) is 5.74. The number of piperazine rings is 1. The van der Waals surface area contributed by atoms with Crippen LogP contribution in [0.15, 0.2) is 66.1 Å². The number of nitrogens with one attached hydrogen (secondary N) is 1. The minimum atomic E-state index is -0.749. The summed E-state index contributed by atoms with van der Waals surface area (Å²) in [4.78, 5) is 9.60. The summed E-state index contributed by atoms with van der Waals surface area (Å²) in [5, 5.41) is 11.7. The predicted molar refractivity (Wildman–Crippen MR) is 114 cm³/mol. The van der Waals surface area contributed by atoms with Gasteiger partial charge in [-0.2, -0.15) is 14.8 Å². The third-order valence-corrected chi connectivity index (χ3v) is 5.74. The molecule has 1 atom stereocenters. The molecule has 148 valence electrons. The van der Waals surface area contributed by atoms with Gasteiger partial charge in [0.1, 0.15) is 5.54 Å².